The van der Waals surface area contributed by atoms with E-state index in [2.05, 4.69) is 27.7 Å². The fraction of sp³-hybridized carbons (Fsp3) is 0.900. The summed E-state index contributed by atoms with van der Waals surface area (Å²) in [7, 11) is 0. The SMILES string of the molecule is [CH2]CCCOCC(C)(C)CC. The van der Waals surface area contributed by atoms with Gasteiger partial charge in [0.1, 0.15) is 0 Å². The molecule has 0 atom stereocenters. The first-order valence-electron chi connectivity index (χ1n) is 4.49. The number of hydrogen-bond donors (Lipinski definition) is 0. The zero-order valence-corrected chi connectivity index (χ0v) is 8.15. The Morgan fingerprint density at radius 3 is 2.45 bits per heavy atom. The summed E-state index contributed by atoms with van der Waals surface area (Å²) in [5.41, 5.74) is 0.348. The number of hydrogen-bond acceptors (Lipinski definition) is 1. The third kappa shape index (κ3) is 6.36. The number of rotatable bonds is 6. The molecule has 0 N–H and O–H groups in total. The molecular formula is C10H21O. The zero-order chi connectivity index (χ0) is 8.74. The molecule has 0 fully saturated rings. The molecule has 0 aliphatic heterocycles. The molecule has 0 bridgehead atoms. The van der Waals surface area contributed by atoms with Gasteiger partial charge in [-0.15, -0.1) is 0 Å². The highest BCUT2D eigenvalue weighted by atomic mass is 16.5. The van der Waals surface area contributed by atoms with Gasteiger partial charge in [0.25, 0.3) is 0 Å². The van der Waals surface area contributed by atoms with Crippen LogP contribution in [0.5, 0.6) is 0 Å². The van der Waals surface area contributed by atoms with Crippen LogP contribution in [-0.4, -0.2) is 13.2 Å². The lowest BCUT2D eigenvalue weighted by molar-refractivity contribution is 0.0593. The summed E-state index contributed by atoms with van der Waals surface area (Å²) >= 11 is 0. The smallest absolute Gasteiger partial charge is 0.0517 e. The second-order valence-electron chi connectivity index (χ2n) is 3.78. The molecule has 11 heavy (non-hydrogen) atoms. The molecule has 0 amide bonds. The largest absolute Gasteiger partial charge is 0.381 e. The molecule has 0 aromatic rings. The van der Waals surface area contributed by atoms with Gasteiger partial charge in [0.15, 0.2) is 0 Å². The topological polar surface area (TPSA) is 9.23 Å². The van der Waals surface area contributed by atoms with Crippen LogP contribution in [0.3, 0.4) is 0 Å². The third-order valence-electron chi connectivity index (χ3n) is 1.99. The van der Waals surface area contributed by atoms with Crippen molar-refractivity contribution in [1.82, 2.24) is 0 Å². The van der Waals surface area contributed by atoms with E-state index in [0.717, 1.165) is 26.1 Å². The molecule has 1 heteroatoms. The summed E-state index contributed by atoms with van der Waals surface area (Å²) in [6, 6.07) is 0. The second-order valence-corrected chi connectivity index (χ2v) is 3.78. The summed E-state index contributed by atoms with van der Waals surface area (Å²) in [5, 5.41) is 0. The maximum absolute atomic E-state index is 5.49. The lowest BCUT2D eigenvalue weighted by Crippen LogP contribution is -2.18. The predicted molar refractivity (Wildman–Crippen MR) is 49.5 cm³/mol. The summed E-state index contributed by atoms with van der Waals surface area (Å²) in [5.74, 6) is 0. The van der Waals surface area contributed by atoms with Crippen LogP contribution in [-0.2, 0) is 4.74 Å². The Hall–Kier alpha value is -0.0400. The van der Waals surface area contributed by atoms with Crippen molar-refractivity contribution in [1.29, 1.82) is 0 Å². The molecule has 0 aromatic carbocycles. The average molecular weight is 157 g/mol. The number of unbranched alkanes of at least 4 members (excludes halogenated alkanes) is 1. The molecule has 0 aliphatic rings. The van der Waals surface area contributed by atoms with Crippen molar-refractivity contribution in [2.75, 3.05) is 13.2 Å². The van der Waals surface area contributed by atoms with Crippen LogP contribution >= 0.6 is 0 Å². The monoisotopic (exact) mass is 157 g/mol. The van der Waals surface area contributed by atoms with Gasteiger partial charge in [0, 0.05) is 6.61 Å². The first-order valence-corrected chi connectivity index (χ1v) is 4.49. The average Bonchev–Trinajstić information content (AvgIpc) is 1.99. The van der Waals surface area contributed by atoms with Crippen LogP contribution in [0.2, 0.25) is 0 Å². The van der Waals surface area contributed by atoms with Gasteiger partial charge in [-0.05, 0) is 18.3 Å². The van der Waals surface area contributed by atoms with Crippen LogP contribution in [0, 0.1) is 12.3 Å². The lowest BCUT2D eigenvalue weighted by atomic mass is 9.92. The van der Waals surface area contributed by atoms with Crippen LogP contribution in [0.25, 0.3) is 0 Å². The highest BCUT2D eigenvalue weighted by molar-refractivity contribution is 4.64. The van der Waals surface area contributed by atoms with E-state index in [1.165, 1.54) is 6.42 Å². The van der Waals surface area contributed by atoms with Gasteiger partial charge in [-0.1, -0.05) is 34.1 Å². The molecule has 0 heterocycles. The van der Waals surface area contributed by atoms with E-state index in [-0.39, 0.29) is 0 Å². The van der Waals surface area contributed by atoms with E-state index in [0.29, 0.717) is 5.41 Å². The Bertz CT molecular complexity index is 86.9. The maximum atomic E-state index is 5.49. The zero-order valence-electron chi connectivity index (χ0n) is 8.15. The van der Waals surface area contributed by atoms with E-state index in [1.54, 1.807) is 0 Å². The van der Waals surface area contributed by atoms with Gasteiger partial charge in [0.2, 0.25) is 0 Å². The third-order valence-corrected chi connectivity index (χ3v) is 1.99. The van der Waals surface area contributed by atoms with Gasteiger partial charge in [-0.25, -0.2) is 0 Å². The molecule has 0 saturated carbocycles. The van der Waals surface area contributed by atoms with E-state index < -0.39 is 0 Å². The van der Waals surface area contributed by atoms with E-state index in [9.17, 15) is 0 Å². The van der Waals surface area contributed by atoms with Crippen LogP contribution in [0.4, 0.5) is 0 Å². The van der Waals surface area contributed by atoms with Gasteiger partial charge in [0.05, 0.1) is 6.61 Å². The van der Waals surface area contributed by atoms with Crippen molar-refractivity contribution in [2.45, 2.75) is 40.0 Å². The van der Waals surface area contributed by atoms with Gasteiger partial charge in [-0.2, -0.15) is 0 Å². The molecule has 0 aromatic heterocycles. The summed E-state index contributed by atoms with van der Waals surface area (Å²) in [6.07, 6.45) is 3.24. The molecule has 0 rings (SSSR count). The molecular weight excluding hydrogens is 136 g/mol. The van der Waals surface area contributed by atoms with Gasteiger partial charge >= 0.3 is 0 Å². The molecule has 1 radical (unpaired) electrons. The van der Waals surface area contributed by atoms with Gasteiger partial charge in [-0.3, -0.25) is 0 Å². The minimum Gasteiger partial charge on any atom is -0.381 e. The van der Waals surface area contributed by atoms with Crippen molar-refractivity contribution in [3.05, 3.63) is 6.92 Å². The lowest BCUT2D eigenvalue weighted by Gasteiger charge is -2.21. The van der Waals surface area contributed by atoms with Crippen molar-refractivity contribution in [2.24, 2.45) is 5.41 Å². The Kier molecular flexibility index (Phi) is 5.57. The normalized spacial score (nSPS) is 12.0. The first-order chi connectivity index (χ1) is 5.12. The summed E-state index contributed by atoms with van der Waals surface area (Å²) < 4.78 is 5.49. The molecule has 0 saturated heterocycles. The second kappa shape index (κ2) is 5.59. The van der Waals surface area contributed by atoms with E-state index in [4.69, 9.17) is 4.74 Å². The fourth-order valence-electron chi connectivity index (χ4n) is 0.655. The van der Waals surface area contributed by atoms with E-state index >= 15 is 0 Å². The highest BCUT2D eigenvalue weighted by Gasteiger charge is 2.14. The van der Waals surface area contributed by atoms with Crippen LogP contribution in [0.1, 0.15) is 40.0 Å². The molecule has 0 aliphatic carbocycles. The maximum Gasteiger partial charge on any atom is 0.0517 e. The summed E-state index contributed by atoms with van der Waals surface area (Å²) in [4.78, 5) is 0. The molecule has 0 unspecified atom stereocenters. The Morgan fingerprint density at radius 2 is 2.00 bits per heavy atom. The van der Waals surface area contributed by atoms with Crippen molar-refractivity contribution in [3.63, 3.8) is 0 Å². The molecule has 0 spiro atoms. The number of ether oxygens (including phenoxy) is 1. The Balaban J connectivity index is 3.23. The highest BCUT2D eigenvalue weighted by Crippen LogP contribution is 2.19. The van der Waals surface area contributed by atoms with Crippen molar-refractivity contribution < 1.29 is 4.74 Å². The van der Waals surface area contributed by atoms with Crippen LogP contribution in [0.15, 0.2) is 0 Å². The van der Waals surface area contributed by atoms with Crippen molar-refractivity contribution in [3.8, 4) is 0 Å². The van der Waals surface area contributed by atoms with Crippen molar-refractivity contribution >= 4 is 0 Å². The summed E-state index contributed by atoms with van der Waals surface area (Å²) in [6.45, 7) is 12.2. The fourth-order valence-corrected chi connectivity index (χ4v) is 0.655. The van der Waals surface area contributed by atoms with Crippen LogP contribution < -0.4 is 0 Å². The quantitative estimate of drug-likeness (QED) is 0.538. The first kappa shape index (κ1) is 11.0. The predicted octanol–water partition coefficient (Wildman–Crippen LogP) is 3.05. The van der Waals surface area contributed by atoms with E-state index in [1.807, 2.05) is 0 Å². The Morgan fingerprint density at radius 1 is 1.36 bits per heavy atom. The molecule has 1 nitrogen and oxygen atoms in total. The minimum absolute atomic E-state index is 0.348. The Labute approximate surface area is 71.1 Å². The molecule has 67 valence electrons. The minimum atomic E-state index is 0.348. The van der Waals surface area contributed by atoms with Gasteiger partial charge < -0.3 is 4.74 Å². The standard InChI is InChI=1S/C10H21O/c1-5-7-8-11-9-10(3,4)6-2/h1,5-9H2,2-4H3.